The first kappa shape index (κ1) is 11.9. The van der Waals surface area contributed by atoms with Crippen molar-refractivity contribution in [1.29, 1.82) is 0 Å². The number of nitrogens with zero attached hydrogens (tertiary/aromatic N) is 1. The summed E-state index contributed by atoms with van der Waals surface area (Å²) in [6, 6.07) is 4.09. The maximum absolute atomic E-state index is 13.7. The van der Waals surface area contributed by atoms with Gasteiger partial charge in [-0.2, -0.15) is 4.39 Å². The van der Waals surface area contributed by atoms with E-state index in [1.165, 1.54) is 12.1 Å². The fourth-order valence-corrected chi connectivity index (χ4v) is 1.67. The number of aliphatic hydroxyl groups excluding tert-OH is 1. The van der Waals surface area contributed by atoms with E-state index in [9.17, 15) is 14.5 Å². The van der Waals surface area contributed by atoms with Gasteiger partial charge in [0.1, 0.15) is 0 Å². The van der Waals surface area contributed by atoms with E-state index >= 15 is 0 Å². The first-order valence-electron chi connectivity index (χ1n) is 5.36. The van der Waals surface area contributed by atoms with Crippen LogP contribution in [0, 0.1) is 15.9 Å². The van der Waals surface area contributed by atoms with Crippen LogP contribution in [0.3, 0.4) is 0 Å². The van der Waals surface area contributed by atoms with E-state index in [1.54, 1.807) is 0 Å². The van der Waals surface area contributed by atoms with Crippen molar-refractivity contribution in [2.24, 2.45) is 0 Å². The van der Waals surface area contributed by atoms with Gasteiger partial charge in [-0.15, -0.1) is 0 Å². The van der Waals surface area contributed by atoms with Crippen LogP contribution >= 0.6 is 0 Å². The maximum atomic E-state index is 13.7. The van der Waals surface area contributed by atoms with Crippen LogP contribution in [-0.4, -0.2) is 22.2 Å². The molecule has 1 saturated carbocycles. The fraction of sp³-hybridized carbons (Fsp3) is 0.455. The highest BCUT2D eigenvalue weighted by Gasteiger charge is 2.41. The molecule has 0 amide bonds. The summed E-state index contributed by atoms with van der Waals surface area (Å²) in [7, 11) is 0. The van der Waals surface area contributed by atoms with Gasteiger partial charge in [-0.1, -0.05) is 12.1 Å². The Morgan fingerprint density at radius 1 is 1.53 bits per heavy atom. The van der Waals surface area contributed by atoms with Crippen molar-refractivity contribution in [2.45, 2.75) is 24.9 Å². The first-order chi connectivity index (χ1) is 8.08. The highest BCUT2D eigenvalue weighted by Crippen LogP contribution is 2.35. The molecule has 1 aromatic carbocycles. The van der Waals surface area contributed by atoms with Crippen molar-refractivity contribution in [3.63, 3.8) is 0 Å². The smallest absolute Gasteiger partial charge is 0.305 e. The van der Waals surface area contributed by atoms with Gasteiger partial charge in [0.05, 0.1) is 11.5 Å². The summed E-state index contributed by atoms with van der Waals surface area (Å²) in [5.41, 5.74) is -0.575. The number of nitrogens with one attached hydrogen (secondary N) is 1. The molecular formula is C11H13FN2O3. The van der Waals surface area contributed by atoms with Gasteiger partial charge >= 0.3 is 5.69 Å². The highest BCUT2D eigenvalue weighted by atomic mass is 19.1. The van der Waals surface area contributed by atoms with Crippen LogP contribution in [0.1, 0.15) is 18.4 Å². The summed E-state index contributed by atoms with van der Waals surface area (Å²) < 4.78 is 13.7. The van der Waals surface area contributed by atoms with Crippen molar-refractivity contribution in [3.05, 3.63) is 39.7 Å². The van der Waals surface area contributed by atoms with Crippen LogP contribution in [0.4, 0.5) is 10.1 Å². The van der Waals surface area contributed by atoms with Crippen LogP contribution in [0.2, 0.25) is 0 Å². The van der Waals surface area contributed by atoms with Crippen LogP contribution in [0.5, 0.6) is 0 Å². The van der Waals surface area contributed by atoms with Crippen LogP contribution in [0.25, 0.3) is 0 Å². The summed E-state index contributed by atoms with van der Waals surface area (Å²) in [4.78, 5) is 9.81. The Morgan fingerprint density at radius 2 is 2.24 bits per heavy atom. The maximum Gasteiger partial charge on any atom is 0.305 e. The standard InChI is InChI=1S/C11H13FN2O3/c12-10-8(2-1-3-9(10)14(16)17)6-13-11(7-15)4-5-11/h1-3,13,15H,4-7H2. The molecule has 1 aliphatic carbocycles. The molecule has 1 fully saturated rings. The van der Waals surface area contributed by atoms with Gasteiger partial charge < -0.3 is 10.4 Å². The Labute approximate surface area is 97.4 Å². The number of nitro groups is 1. The number of hydrogen-bond donors (Lipinski definition) is 2. The van der Waals surface area contributed by atoms with Crippen molar-refractivity contribution in [1.82, 2.24) is 5.32 Å². The molecule has 0 atom stereocenters. The Kier molecular flexibility index (Phi) is 3.08. The SMILES string of the molecule is O=[N+]([O-])c1cccc(CNC2(CO)CC2)c1F. The third-order valence-corrected chi connectivity index (χ3v) is 3.07. The summed E-state index contributed by atoms with van der Waals surface area (Å²) in [6.45, 7) is 0.192. The minimum Gasteiger partial charge on any atom is -0.394 e. The molecule has 0 spiro atoms. The van der Waals surface area contributed by atoms with E-state index in [-0.39, 0.29) is 24.3 Å². The highest BCUT2D eigenvalue weighted by molar-refractivity contribution is 5.36. The predicted octanol–water partition coefficient (Wildman–Crippen LogP) is 1.35. The van der Waals surface area contributed by atoms with Gasteiger partial charge in [-0.3, -0.25) is 10.1 Å². The monoisotopic (exact) mass is 240 g/mol. The molecule has 0 unspecified atom stereocenters. The first-order valence-corrected chi connectivity index (χ1v) is 5.36. The minimum absolute atomic E-state index is 0.00352. The second-order valence-electron chi connectivity index (χ2n) is 4.30. The Bertz CT molecular complexity index is 446. The molecule has 1 aromatic rings. The van der Waals surface area contributed by atoms with E-state index in [1.807, 2.05) is 0 Å². The van der Waals surface area contributed by atoms with Crippen molar-refractivity contribution in [3.8, 4) is 0 Å². The zero-order chi connectivity index (χ0) is 12.5. The average molecular weight is 240 g/mol. The topological polar surface area (TPSA) is 75.4 Å². The predicted molar refractivity (Wildman–Crippen MR) is 58.9 cm³/mol. The second-order valence-corrected chi connectivity index (χ2v) is 4.30. The number of aliphatic hydroxyl groups is 1. The van der Waals surface area contributed by atoms with Gasteiger partial charge in [0.15, 0.2) is 0 Å². The van der Waals surface area contributed by atoms with Crippen LogP contribution in [0.15, 0.2) is 18.2 Å². The van der Waals surface area contributed by atoms with Crippen molar-refractivity contribution in [2.75, 3.05) is 6.61 Å². The molecule has 0 saturated heterocycles. The summed E-state index contributed by atoms with van der Waals surface area (Å²) in [5.74, 6) is -0.807. The Morgan fingerprint density at radius 3 is 2.76 bits per heavy atom. The fourth-order valence-electron chi connectivity index (χ4n) is 1.67. The zero-order valence-electron chi connectivity index (χ0n) is 9.15. The summed E-state index contributed by atoms with van der Waals surface area (Å²) >= 11 is 0. The summed E-state index contributed by atoms with van der Waals surface area (Å²) in [6.07, 6.45) is 1.69. The molecule has 0 bridgehead atoms. The molecule has 0 radical (unpaired) electrons. The molecule has 0 heterocycles. The van der Waals surface area contributed by atoms with Gasteiger partial charge in [0.25, 0.3) is 0 Å². The quantitative estimate of drug-likeness (QED) is 0.601. The van der Waals surface area contributed by atoms with Gasteiger partial charge in [0.2, 0.25) is 5.82 Å². The number of nitro benzene ring substituents is 1. The number of rotatable bonds is 5. The lowest BCUT2D eigenvalue weighted by Crippen LogP contribution is -2.34. The molecule has 6 heteroatoms. The molecule has 2 N–H and O–H groups in total. The molecule has 0 aliphatic heterocycles. The van der Waals surface area contributed by atoms with Gasteiger partial charge in [-0.25, -0.2) is 0 Å². The number of hydrogen-bond acceptors (Lipinski definition) is 4. The lowest BCUT2D eigenvalue weighted by molar-refractivity contribution is -0.387. The zero-order valence-corrected chi connectivity index (χ0v) is 9.15. The van der Waals surface area contributed by atoms with E-state index < -0.39 is 16.4 Å². The number of benzene rings is 1. The lowest BCUT2D eigenvalue weighted by atomic mass is 10.1. The van der Waals surface area contributed by atoms with E-state index in [4.69, 9.17) is 5.11 Å². The molecule has 17 heavy (non-hydrogen) atoms. The van der Waals surface area contributed by atoms with E-state index in [2.05, 4.69) is 5.32 Å². The van der Waals surface area contributed by atoms with Crippen molar-refractivity contribution < 1.29 is 14.4 Å². The lowest BCUT2D eigenvalue weighted by Gasteiger charge is -2.14. The second kappa shape index (κ2) is 4.38. The Hall–Kier alpha value is -1.53. The largest absolute Gasteiger partial charge is 0.394 e. The van der Waals surface area contributed by atoms with E-state index in [0.29, 0.717) is 0 Å². The number of halogens is 1. The minimum atomic E-state index is -0.807. The third-order valence-electron chi connectivity index (χ3n) is 3.07. The van der Waals surface area contributed by atoms with E-state index in [0.717, 1.165) is 18.9 Å². The van der Waals surface area contributed by atoms with Crippen molar-refractivity contribution >= 4 is 5.69 Å². The van der Waals surface area contributed by atoms with Crippen LogP contribution < -0.4 is 5.32 Å². The summed E-state index contributed by atoms with van der Waals surface area (Å²) in [5, 5.41) is 22.7. The molecular weight excluding hydrogens is 227 g/mol. The molecule has 0 aromatic heterocycles. The average Bonchev–Trinajstić information content (AvgIpc) is 3.08. The molecule has 2 rings (SSSR count). The molecule has 1 aliphatic rings. The molecule has 92 valence electrons. The molecule has 5 nitrogen and oxygen atoms in total. The third kappa shape index (κ3) is 2.42. The van der Waals surface area contributed by atoms with Gasteiger partial charge in [-0.05, 0) is 12.8 Å². The van der Waals surface area contributed by atoms with Gasteiger partial charge in [0, 0.05) is 23.7 Å². The van der Waals surface area contributed by atoms with Crippen LogP contribution in [-0.2, 0) is 6.54 Å². The normalized spacial score (nSPS) is 16.8. The Balaban J connectivity index is 2.11.